The molecule has 0 saturated carbocycles. The second kappa shape index (κ2) is 4.87. The lowest BCUT2D eigenvalue weighted by molar-refractivity contribution is -0.120. The van der Waals surface area contributed by atoms with Crippen molar-refractivity contribution >= 4 is 16.8 Å². The van der Waals surface area contributed by atoms with Gasteiger partial charge in [-0.3, -0.25) is 4.79 Å². The van der Waals surface area contributed by atoms with Gasteiger partial charge in [-0.1, -0.05) is 24.3 Å². The number of aryl methyl sites for hydroxylation is 1. The summed E-state index contributed by atoms with van der Waals surface area (Å²) in [6.07, 6.45) is 3.99. The van der Waals surface area contributed by atoms with E-state index in [1.165, 1.54) is 5.56 Å². The normalized spacial score (nSPS) is 10.4. The highest BCUT2D eigenvalue weighted by molar-refractivity contribution is 5.90. The van der Waals surface area contributed by atoms with Gasteiger partial charge in [-0.15, -0.1) is 6.58 Å². The lowest BCUT2D eigenvalue weighted by Gasteiger charge is -2.01. The van der Waals surface area contributed by atoms with Crippen molar-refractivity contribution in [2.45, 2.75) is 13.3 Å². The first kappa shape index (κ1) is 11.5. The first-order valence-electron chi connectivity index (χ1n) is 5.65. The molecule has 17 heavy (non-hydrogen) atoms. The van der Waals surface area contributed by atoms with Crippen molar-refractivity contribution in [3.63, 3.8) is 0 Å². The molecule has 2 aromatic rings. The number of hydrogen-bond acceptors (Lipinski definition) is 1. The van der Waals surface area contributed by atoms with E-state index >= 15 is 0 Å². The fourth-order valence-electron chi connectivity index (χ4n) is 1.93. The zero-order chi connectivity index (χ0) is 12.3. The van der Waals surface area contributed by atoms with E-state index in [0.717, 1.165) is 16.5 Å². The summed E-state index contributed by atoms with van der Waals surface area (Å²) in [6, 6.07) is 6.10. The van der Waals surface area contributed by atoms with Crippen LogP contribution < -0.4 is 5.32 Å². The summed E-state index contributed by atoms with van der Waals surface area (Å²) in [5.74, 6) is 0.0207. The molecule has 0 fully saturated rings. The van der Waals surface area contributed by atoms with Gasteiger partial charge in [0.05, 0.1) is 6.42 Å². The smallest absolute Gasteiger partial charge is 0.224 e. The standard InChI is InChI=1S/C14H16N2O/c1-3-7-15-13(17)8-11-9-16-14-10(2)5-4-6-12(11)14/h3-6,9,16H,1,7-8H2,2H3,(H,15,17). The SMILES string of the molecule is C=CCNC(=O)Cc1c[nH]c2c(C)cccc12. The second-order valence-electron chi connectivity index (χ2n) is 4.08. The van der Waals surface area contributed by atoms with Crippen LogP contribution in [0.25, 0.3) is 10.9 Å². The van der Waals surface area contributed by atoms with E-state index in [9.17, 15) is 4.79 Å². The highest BCUT2D eigenvalue weighted by Crippen LogP contribution is 2.21. The van der Waals surface area contributed by atoms with E-state index in [-0.39, 0.29) is 5.91 Å². The summed E-state index contributed by atoms with van der Waals surface area (Å²) < 4.78 is 0. The maximum atomic E-state index is 11.6. The number of carbonyl (C=O) groups excluding carboxylic acids is 1. The van der Waals surface area contributed by atoms with E-state index in [4.69, 9.17) is 0 Å². The fraction of sp³-hybridized carbons (Fsp3) is 0.214. The lowest BCUT2D eigenvalue weighted by atomic mass is 10.1. The summed E-state index contributed by atoms with van der Waals surface area (Å²) in [6.45, 7) is 6.14. The number of amides is 1. The number of carbonyl (C=O) groups is 1. The zero-order valence-corrected chi connectivity index (χ0v) is 9.92. The first-order chi connectivity index (χ1) is 8.22. The monoisotopic (exact) mass is 228 g/mol. The van der Waals surface area contributed by atoms with Crippen LogP contribution in [-0.2, 0) is 11.2 Å². The van der Waals surface area contributed by atoms with Crippen molar-refractivity contribution in [1.29, 1.82) is 0 Å². The maximum absolute atomic E-state index is 11.6. The minimum Gasteiger partial charge on any atom is -0.361 e. The predicted molar refractivity (Wildman–Crippen MR) is 69.9 cm³/mol. The molecule has 0 aliphatic heterocycles. The topological polar surface area (TPSA) is 44.9 Å². The highest BCUT2D eigenvalue weighted by Gasteiger charge is 2.08. The Bertz CT molecular complexity index is 554. The number of benzene rings is 1. The molecular weight excluding hydrogens is 212 g/mol. The van der Waals surface area contributed by atoms with Crippen LogP contribution in [-0.4, -0.2) is 17.4 Å². The number of hydrogen-bond donors (Lipinski definition) is 2. The summed E-state index contributed by atoms with van der Waals surface area (Å²) in [5, 5.41) is 3.90. The van der Waals surface area contributed by atoms with E-state index in [1.807, 2.05) is 18.3 Å². The zero-order valence-electron chi connectivity index (χ0n) is 9.92. The van der Waals surface area contributed by atoms with Gasteiger partial charge in [0.2, 0.25) is 5.91 Å². The van der Waals surface area contributed by atoms with Crippen molar-refractivity contribution in [2.24, 2.45) is 0 Å². The van der Waals surface area contributed by atoms with Gasteiger partial charge in [0.15, 0.2) is 0 Å². The average Bonchev–Trinajstić information content (AvgIpc) is 2.71. The number of aromatic nitrogens is 1. The van der Waals surface area contributed by atoms with Gasteiger partial charge in [0.25, 0.3) is 0 Å². The lowest BCUT2D eigenvalue weighted by Crippen LogP contribution is -2.24. The molecule has 0 aliphatic carbocycles. The Hall–Kier alpha value is -2.03. The van der Waals surface area contributed by atoms with Crippen LogP contribution in [0, 0.1) is 6.92 Å². The van der Waals surface area contributed by atoms with Crippen LogP contribution in [0.4, 0.5) is 0 Å². The van der Waals surface area contributed by atoms with Gasteiger partial charge in [0.1, 0.15) is 0 Å². The van der Waals surface area contributed by atoms with E-state index < -0.39 is 0 Å². The molecule has 2 N–H and O–H groups in total. The Morgan fingerprint density at radius 2 is 2.35 bits per heavy atom. The molecule has 0 saturated heterocycles. The maximum Gasteiger partial charge on any atom is 0.224 e. The summed E-state index contributed by atoms with van der Waals surface area (Å²) in [5.41, 5.74) is 3.34. The molecule has 0 spiro atoms. The number of fused-ring (bicyclic) bond motifs is 1. The van der Waals surface area contributed by atoms with Crippen LogP contribution in [0.3, 0.4) is 0 Å². The number of nitrogens with one attached hydrogen (secondary N) is 2. The molecular formula is C14H16N2O. The van der Waals surface area contributed by atoms with Gasteiger partial charge in [-0.25, -0.2) is 0 Å². The third-order valence-electron chi connectivity index (χ3n) is 2.80. The number of H-pyrrole nitrogens is 1. The number of rotatable bonds is 4. The summed E-state index contributed by atoms with van der Waals surface area (Å²) >= 11 is 0. The Labute approximate surface area is 101 Å². The Balaban J connectivity index is 2.22. The third kappa shape index (κ3) is 2.38. The van der Waals surface area contributed by atoms with Crippen molar-refractivity contribution in [1.82, 2.24) is 10.3 Å². The van der Waals surface area contributed by atoms with Gasteiger partial charge in [0, 0.05) is 23.6 Å². The second-order valence-corrected chi connectivity index (χ2v) is 4.08. The molecule has 88 valence electrons. The van der Waals surface area contributed by atoms with E-state index in [2.05, 4.69) is 29.9 Å². The summed E-state index contributed by atoms with van der Waals surface area (Å²) in [4.78, 5) is 14.8. The molecule has 0 unspecified atom stereocenters. The van der Waals surface area contributed by atoms with Crippen molar-refractivity contribution in [2.75, 3.05) is 6.54 Å². The highest BCUT2D eigenvalue weighted by atomic mass is 16.1. The minimum absolute atomic E-state index is 0.0207. The van der Waals surface area contributed by atoms with Crippen LogP contribution in [0.2, 0.25) is 0 Å². The van der Waals surface area contributed by atoms with Crippen LogP contribution in [0.1, 0.15) is 11.1 Å². The molecule has 1 aromatic heterocycles. The Morgan fingerprint density at radius 1 is 1.53 bits per heavy atom. The quantitative estimate of drug-likeness (QED) is 0.775. The van der Waals surface area contributed by atoms with Gasteiger partial charge < -0.3 is 10.3 Å². The van der Waals surface area contributed by atoms with Gasteiger partial charge in [-0.2, -0.15) is 0 Å². The van der Waals surface area contributed by atoms with Crippen LogP contribution >= 0.6 is 0 Å². The minimum atomic E-state index is 0.0207. The molecule has 1 amide bonds. The molecule has 1 heterocycles. The van der Waals surface area contributed by atoms with E-state index in [1.54, 1.807) is 6.08 Å². The first-order valence-corrected chi connectivity index (χ1v) is 5.65. The Kier molecular flexibility index (Phi) is 3.28. The number of para-hydroxylation sites is 1. The summed E-state index contributed by atoms with van der Waals surface area (Å²) in [7, 11) is 0. The predicted octanol–water partition coefficient (Wildman–Crippen LogP) is 2.32. The molecule has 0 bridgehead atoms. The van der Waals surface area contributed by atoms with Gasteiger partial charge >= 0.3 is 0 Å². The molecule has 1 aromatic carbocycles. The van der Waals surface area contributed by atoms with E-state index in [0.29, 0.717) is 13.0 Å². The molecule has 2 rings (SSSR count). The largest absolute Gasteiger partial charge is 0.361 e. The fourth-order valence-corrected chi connectivity index (χ4v) is 1.93. The average molecular weight is 228 g/mol. The van der Waals surface area contributed by atoms with Crippen LogP contribution in [0.5, 0.6) is 0 Å². The molecule has 0 aliphatic rings. The molecule has 3 heteroatoms. The molecule has 0 atom stereocenters. The molecule has 3 nitrogen and oxygen atoms in total. The number of aromatic amines is 1. The molecule has 0 radical (unpaired) electrons. The van der Waals surface area contributed by atoms with Gasteiger partial charge in [-0.05, 0) is 18.1 Å². The van der Waals surface area contributed by atoms with Crippen molar-refractivity contribution in [3.05, 3.63) is 48.2 Å². The van der Waals surface area contributed by atoms with Crippen molar-refractivity contribution in [3.8, 4) is 0 Å². The van der Waals surface area contributed by atoms with Crippen molar-refractivity contribution < 1.29 is 4.79 Å². The van der Waals surface area contributed by atoms with Crippen LogP contribution in [0.15, 0.2) is 37.1 Å². The third-order valence-corrected chi connectivity index (χ3v) is 2.80. The Morgan fingerprint density at radius 3 is 3.12 bits per heavy atom.